The Morgan fingerprint density at radius 3 is 2.92 bits per heavy atom. The molecule has 3 heteroatoms. The maximum Gasteiger partial charge on any atom is 0.238 e. The van der Waals surface area contributed by atoms with E-state index in [-0.39, 0.29) is 4.92 Å². The molecular formula is C10H11NO2. The number of fused-ring (bicyclic) bond motifs is 1. The summed E-state index contributed by atoms with van der Waals surface area (Å²) in [7, 11) is 0. The van der Waals surface area contributed by atoms with E-state index in [1.54, 1.807) is 0 Å². The average molecular weight is 177 g/mol. The van der Waals surface area contributed by atoms with E-state index in [2.05, 4.69) is 0 Å². The lowest BCUT2D eigenvalue weighted by Gasteiger charge is -2.18. The number of nitrogens with zero attached hydrogens (tertiary/aromatic N) is 1. The highest BCUT2D eigenvalue weighted by Gasteiger charge is 2.28. The third kappa shape index (κ3) is 1.41. The molecule has 0 saturated carbocycles. The fourth-order valence-electron chi connectivity index (χ4n) is 1.95. The van der Waals surface area contributed by atoms with Crippen molar-refractivity contribution >= 4 is 0 Å². The molecule has 0 heterocycles. The zero-order valence-corrected chi connectivity index (χ0v) is 7.27. The first kappa shape index (κ1) is 8.23. The van der Waals surface area contributed by atoms with Crippen molar-refractivity contribution in [1.29, 1.82) is 0 Å². The number of nitro groups is 1. The Morgan fingerprint density at radius 2 is 2.15 bits per heavy atom. The molecule has 0 radical (unpaired) electrons. The maximum atomic E-state index is 10.7. The minimum atomic E-state index is -0.468. The predicted octanol–water partition coefficient (Wildman–Crippen LogP) is 2.34. The molecule has 68 valence electrons. The lowest BCUT2D eigenvalue weighted by Crippen LogP contribution is -2.16. The summed E-state index contributed by atoms with van der Waals surface area (Å²) in [5.74, 6) is 0. The van der Waals surface area contributed by atoms with E-state index >= 15 is 0 Å². The lowest BCUT2D eigenvalue weighted by atomic mass is 9.88. The van der Waals surface area contributed by atoms with E-state index in [0.29, 0.717) is 6.42 Å². The van der Waals surface area contributed by atoms with Crippen LogP contribution >= 0.6 is 0 Å². The summed E-state index contributed by atoms with van der Waals surface area (Å²) >= 11 is 0. The molecule has 1 aliphatic rings. The van der Waals surface area contributed by atoms with Gasteiger partial charge in [-0.25, -0.2) is 0 Å². The normalized spacial score (nSPS) is 20.8. The van der Waals surface area contributed by atoms with Gasteiger partial charge in [0.05, 0.1) is 0 Å². The molecule has 1 aromatic rings. The summed E-state index contributed by atoms with van der Waals surface area (Å²) in [5, 5.41) is 10.7. The molecule has 0 aliphatic heterocycles. The summed E-state index contributed by atoms with van der Waals surface area (Å²) in [6, 6.07) is 7.22. The molecule has 0 saturated heterocycles. The van der Waals surface area contributed by atoms with Crippen LogP contribution < -0.4 is 0 Å². The van der Waals surface area contributed by atoms with Gasteiger partial charge in [-0.2, -0.15) is 0 Å². The van der Waals surface area contributed by atoms with Crippen LogP contribution in [0, 0.1) is 10.1 Å². The van der Waals surface area contributed by atoms with Gasteiger partial charge in [0.25, 0.3) is 0 Å². The molecule has 2 rings (SSSR count). The summed E-state index contributed by atoms with van der Waals surface area (Å²) in [4.78, 5) is 10.6. The van der Waals surface area contributed by atoms with Gasteiger partial charge in [-0.1, -0.05) is 24.3 Å². The summed E-state index contributed by atoms with van der Waals surface area (Å²) in [6.45, 7) is 0. The standard InChI is InChI=1S/C10H11NO2/c12-11(13)10-7-3-5-8-4-1-2-6-9(8)10/h1-2,4,6,10H,3,5,7H2. The molecule has 1 atom stereocenters. The Kier molecular flexibility index (Phi) is 2.00. The van der Waals surface area contributed by atoms with Crippen LogP contribution in [0.4, 0.5) is 0 Å². The topological polar surface area (TPSA) is 43.1 Å². The quantitative estimate of drug-likeness (QED) is 0.488. The van der Waals surface area contributed by atoms with E-state index in [4.69, 9.17) is 0 Å². The number of hydrogen-bond donors (Lipinski definition) is 0. The number of hydrogen-bond acceptors (Lipinski definition) is 2. The van der Waals surface area contributed by atoms with E-state index in [9.17, 15) is 10.1 Å². The van der Waals surface area contributed by atoms with E-state index in [0.717, 1.165) is 24.0 Å². The molecule has 13 heavy (non-hydrogen) atoms. The van der Waals surface area contributed by atoms with Crippen molar-refractivity contribution in [2.75, 3.05) is 0 Å². The van der Waals surface area contributed by atoms with Crippen LogP contribution in [0.15, 0.2) is 24.3 Å². The molecule has 1 aliphatic carbocycles. The average Bonchev–Trinajstić information content (AvgIpc) is 2.17. The van der Waals surface area contributed by atoms with E-state index in [1.165, 1.54) is 0 Å². The first-order chi connectivity index (χ1) is 6.29. The number of benzene rings is 1. The van der Waals surface area contributed by atoms with Crippen LogP contribution in [0.25, 0.3) is 0 Å². The SMILES string of the molecule is O=[N+]([O-])C1CCCc2ccccc21. The van der Waals surface area contributed by atoms with Gasteiger partial charge in [-0.05, 0) is 18.4 Å². The first-order valence-electron chi connectivity index (χ1n) is 4.50. The van der Waals surface area contributed by atoms with E-state index in [1.807, 2.05) is 24.3 Å². The molecule has 1 aromatic carbocycles. The van der Waals surface area contributed by atoms with Crippen molar-refractivity contribution in [3.63, 3.8) is 0 Å². The molecule has 0 spiro atoms. The minimum Gasteiger partial charge on any atom is -0.264 e. The van der Waals surface area contributed by atoms with Gasteiger partial charge < -0.3 is 0 Å². The molecular weight excluding hydrogens is 166 g/mol. The Labute approximate surface area is 76.5 Å². The van der Waals surface area contributed by atoms with Gasteiger partial charge in [-0.15, -0.1) is 0 Å². The van der Waals surface area contributed by atoms with Crippen LogP contribution in [0.1, 0.15) is 30.0 Å². The summed E-state index contributed by atoms with van der Waals surface area (Å²) in [6.07, 6.45) is 2.60. The Morgan fingerprint density at radius 1 is 1.38 bits per heavy atom. The van der Waals surface area contributed by atoms with Crippen molar-refractivity contribution in [1.82, 2.24) is 0 Å². The van der Waals surface area contributed by atoms with Crippen molar-refractivity contribution in [2.24, 2.45) is 0 Å². The van der Waals surface area contributed by atoms with Crippen molar-refractivity contribution in [3.05, 3.63) is 45.5 Å². The maximum absolute atomic E-state index is 10.7. The van der Waals surface area contributed by atoms with Gasteiger partial charge >= 0.3 is 0 Å². The molecule has 0 bridgehead atoms. The second kappa shape index (κ2) is 3.17. The highest BCUT2D eigenvalue weighted by Crippen LogP contribution is 2.31. The molecule has 3 nitrogen and oxygen atoms in total. The summed E-state index contributed by atoms with van der Waals surface area (Å²) < 4.78 is 0. The van der Waals surface area contributed by atoms with Crippen LogP contribution in [0.5, 0.6) is 0 Å². The molecule has 0 fully saturated rings. The smallest absolute Gasteiger partial charge is 0.238 e. The van der Waals surface area contributed by atoms with Gasteiger partial charge in [0.2, 0.25) is 6.04 Å². The Balaban J connectivity index is 2.42. The monoisotopic (exact) mass is 177 g/mol. The lowest BCUT2D eigenvalue weighted by molar-refractivity contribution is -0.531. The number of rotatable bonds is 1. The van der Waals surface area contributed by atoms with Gasteiger partial charge in [0.1, 0.15) is 0 Å². The largest absolute Gasteiger partial charge is 0.264 e. The van der Waals surface area contributed by atoms with Crippen LogP contribution in [0.3, 0.4) is 0 Å². The van der Waals surface area contributed by atoms with Crippen LogP contribution in [-0.2, 0) is 6.42 Å². The first-order valence-corrected chi connectivity index (χ1v) is 4.50. The van der Waals surface area contributed by atoms with Crippen molar-refractivity contribution < 1.29 is 4.92 Å². The fourth-order valence-corrected chi connectivity index (χ4v) is 1.95. The zero-order chi connectivity index (χ0) is 9.26. The fraction of sp³-hybridized carbons (Fsp3) is 0.400. The van der Waals surface area contributed by atoms with Gasteiger partial charge in [0, 0.05) is 16.9 Å². The third-order valence-electron chi connectivity index (χ3n) is 2.59. The second-order valence-corrected chi connectivity index (χ2v) is 3.39. The van der Waals surface area contributed by atoms with E-state index < -0.39 is 6.04 Å². The molecule has 0 N–H and O–H groups in total. The van der Waals surface area contributed by atoms with Gasteiger partial charge in [-0.3, -0.25) is 10.1 Å². The third-order valence-corrected chi connectivity index (χ3v) is 2.59. The Bertz CT molecular complexity index is 335. The second-order valence-electron chi connectivity index (χ2n) is 3.39. The predicted molar refractivity (Wildman–Crippen MR) is 49.1 cm³/mol. The highest BCUT2D eigenvalue weighted by molar-refractivity contribution is 5.30. The zero-order valence-electron chi connectivity index (χ0n) is 7.27. The van der Waals surface area contributed by atoms with Crippen molar-refractivity contribution in [3.8, 4) is 0 Å². The minimum absolute atomic E-state index is 0.169. The number of aryl methyl sites for hydroxylation is 1. The molecule has 0 aromatic heterocycles. The molecule has 0 amide bonds. The molecule has 1 unspecified atom stereocenters. The van der Waals surface area contributed by atoms with Crippen molar-refractivity contribution in [2.45, 2.75) is 25.3 Å². The Hall–Kier alpha value is -1.38. The van der Waals surface area contributed by atoms with Gasteiger partial charge in [0.15, 0.2) is 0 Å². The van der Waals surface area contributed by atoms with Crippen LogP contribution in [0.2, 0.25) is 0 Å². The van der Waals surface area contributed by atoms with Crippen LogP contribution in [-0.4, -0.2) is 4.92 Å². The highest BCUT2D eigenvalue weighted by atomic mass is 16.6. The summed E-state index contributed by atoms with van der Waals surface area (Å²) in [5.41, 5.74) is 2.06.